The van der Waals surface area contributed by atoms with Crippen molar-refractivity contribution in [3.63, 3.8) is 0 Å². The summed E-state index contributed by atoms with van der Waals surface area (Å²) in [6.07, 6.45) is 2.94. The lowest BCUT2D eigenvalue weighted by Crippen LogP contribution is -2.07. The van der Waals surface area contributed by atoms with E-state index in [1.54, 1.807) is 0 Å². The first-order valence-electron chi connectivity index (χ1n) is 5.66. The Kier molecular flexibility index (Phi) is 6.05. The summed E-state index contributed by atoms with van der Waals surface area (Å²) in [5, 5.41) is 8.97. The van der Waals surface area contributed by atoms with E-state index in [4.69, 9.17) is 9.84 Å². The van der Waals surface area contributed by atoms with E-state index in [0.29, 0.717) is 6.42 Å². The molecule has 1 aromatic rings. The van der Waals surface area contributed by atoms with Gasteiger partial charge in [0.1, 0.15) is 0 Å². The van der Waals surface area contributed by atoms with Crippen molar-refractivity contribution in [3.8, 4) is 0 Å². The molecule has 0 saturated carbocycles. The van der Waals surface area contributed by atoms with Crippen LogP contribution in [0.2, 0.25) is 0 Å². The number of aliphatic hydroxyl groups excluding tert-OH is 1. The predicted octanol–water partition coefficient (Wildman–Crippen LogP) is 2.93. The minimum atomic E-state index is 0.0442. The normalized spacial score (nSPS) is 12.7. The Morgan fingerprint density at radius 3 is 2.60 bits per heavy atom. The Labute approximate surface area is 91.9 Å². The highest BCUT2D eigenvalue weighted by molar-refractivity contribution is 5.17. The number of hydrogen-bond acceptors (Lipinski definition) is 2. The van der Waals surface area contributed by atoms with Crippen LogP contribution < -0.4 is 0 Å². The first kappa shape index (κ1) is 12.2. The van der Waals surface area contributed by atoms with Crippen LogP contribution in [0.4, 0.5) is 0 Å². The highest BCUT2D eigenvalue weighted by Gasteiger charge is 2.10. The van der Waals surface area contributed by atoms with Gasteiger partial charge >= 0.3 is 0 Å². The lowest BCUT2D eigenvalue weighted by Gasteiger charge is -2.17. The molecule has 0 aliphatic rings. The van der Waals surface area contributed by atoms with Crippen molar-refractivity contribution in [1.82, 2.24) is 0 Å². The van der Waals surface area contributed by atoms with Gasteiger partial charge in [-0.15, -0.1) is 0 Å². The first-order chi connectivity index (χ1) is 7.38. The Hall–Kier alpha value is -0.860. The Morgan fingerprint density at radius 2 is 2.00 bits per heavy atom. The second-order valence-corrected chi connectivity index (χ2v) is 3.64. The Balaban J connectivity index is 2.50. The monoisotopic (exact) mass is 208 g/mol. The van der Waals surface area contributed by atoms with Crippen LogP contribution in [0.3, 0.4) is 0 Å². The van der Waals surface area contributed by atoms with E-state index in [2.05, 4.69) is 6.92 Å². The fourth-order valence-electron chi connectivity index (χ4n) is 1.50. The number of ether oxygens (including phenoxy) is 1. The quantitative estimate of drug-likeness (QED) is 0.698. The molecule has 0 fully saturated rings. The average molecular weight is 208 g/mol. The zero-order chi connectivity index (χ0) is 10.9. The predicted molar refractivity (Wildman–Crippen MR) is 61.7 cm³/mol. The molecule has 0 bridgehead atoms. The topological polar surface area (TPSA) is 29.5 Å². The second-order valence-electron chi connectivity index (χ2n) is 3.64. The van der Waals surface area contributed by atoms with Crippen molar-refractivity contribution < 1.29 is 9.84 Å². The standard InChI is InChI=1S/C13H20O2/c1-2-3-11-15-13(9-10-14)12-7-5-4-6-8-12/h4-8,13-14H,2-3,9-11H2,1H3. The molecule has 1 atom stereocenters. The van der Waals surface area contributed by atoms with Crippen LogP contribution in [0.15, 0.2) is 30.3 Å². The zero-order valence-corrected chi connectivity index (χ0v) is 9.36. The first-order valence-corrected chi connectivity index (χ1v) is 5.66. The zero-order valence-electron chi connectivity index (χ0n) is 9.36. The summed E-state index contributed by atoms with van der Waals surface area (Å²) in [6, 6.07) is 10.1. The smallest absolute Gasteiger partial charge is 0.0846 e. The molecule has 0 aliphatic heterocycles. The minimum Gasteiger partial charge on any atom is -0.396 e. The summed E-state index contributed by atoms with van der Waals surface area (Å²) in [4.78, 5) is 0. The number of rotatable bonds is 7. The molecule has 1 rings (SSSR count). The van der Waals surface area contributed by atoms with Gasteiger partial charge in [-0.25, -0.2) is 0 Å². The summed E-state index contributed by atoms with van der Waals surface area (Å²) < 4.78 is 5.75. The molecule has 2 nitrogen and oxygen atoms in total. The molecule has 0 aliphatic carbocycles. The summed E-state index contributed by atoms with van der Waals surface area (Å²) in [6.45, 7) is 3.09. The molecule has 0 radical (unpaired) electrons. The molecule has 0 amide bonds. The van der Waals surface area contributed by atoms with Gasteiger partial charge in [-0.3, -0.25) is 0 Å². The van der Waals surface area contributed by atoms with Gasteiger partial charge in [0.25, 0.3) is 0 Å². The van der Waals surface area contributed by atoms with Gasteiger partial charge in [0.05, 0.1) is 6.10 Å². The van der Waals surface area contributed by atoms with E-state index < -0.39 is 0 Å². The van der Waals surface area contributed by atoms with E-state index in [0.717, 1.165) is 25.0 Å². The molecule has 1 N–H and O–H groups in total. The van der Waals surface area contributed by atoms with Gasteiger partial charge in [-0.2, -0.15) is 0 Å². The highest BCUT2D eigenvalue weighted by atomic mass is 16.5. The third-order valence-electron chi connectivity index (χ3n) is 2.38. The molecule has 0 spiro atoms. The molecular formula is C13H20O2. The SMILES string of the molecule is CCCCOC(CCO)c1ccccc1. The molecule has 84 valence electrons. The largest absolute Gasteiger partial charge is 0.396 e. The molecule has 0 aromatic heterocycles. The van der Waals surface area contributed by atoms with Gasteiger partial charge in [0.15, 0.2) is 0 Å². The minimum absolute atomic E-state index is 0.0442. The number of benzene rings is 1. The maximum Gasteiger partial charge on any atom is 0.0846 e. The van der Waals surface area contributed by atoms with E-state index >= 15 is 0 Å². The summed E-state index contributed by atoms with van der Waals surface area (Å²) in [5.41, 5.74) is 1.16. The van der Waals surface area contributed by atoms with Crippen molar-refractivity contribution in [1.29, 1.82) is 0 Å². The van der Waals surface area contributed by atoms with Crippen LogP contribution in [0.5, 0.6) is 0 Å². The summed E-state index contributed by atoms with van der Waals surface area (Å²) in [5.74, 6) is 0. The summed E-state index contributed by atoms with van der Waals surface area (Å²) in [7, 11) is 0. The molecule has 0 heterocycles. The van der Waals surface area contributed by atoms with Gasteiger partial charge in [-0.1, -0.05) is 43.7 Å². The van der Waals surface area contributed by atoms with Crippen molar-refractivity contribution in [2.24, 2.45) is 0 Å². The van der Waals surface area contributed by atoms with E-state index in [-0.39, 0.29) is 12.7 Å². The lowest BCUT2D eigenvalue weighted by molar-refractivity contribution is 0.0330. The maximum absolute atomic E-state index is 8.97. The number of aliphatic hydroxyl groups is 1. The van der Waals surface area contributed by atoms with Crippen LogP contribution >= 0.6 is 0 Å². The third-order valence-corrected chi connectivity index (χ3v) is 2.38. The molecule has 1 unspecified atom stereocenters. The van der Waals surface area contributed by atoms with Crippen LogP contribution in [0, 0.1) is 0 Å². The van der Waals surface area contributed by atoms with E-state index in [9.17, 15) is 0 Å². The van der Waals surface area contributed by atoms with Crippen LogP contribution in [-0.4, -0.2) is 18.3 Å². The van der Waals surface area contributed by atoms with Gasteiger partial charge < -0.3 is 9.84 Å². The molecule has 15 heavy (non-hydrogen) atoms. The third kappa shape index (κ3) is 4.45. The maximum atomic E-state index is 8.97. The average Bonchev–Trinajstić information content (AvgIpc) is 2.29. The van der Waals surface area contributed by atoms with Crippen molar-refractivity contribution in [3.05, 3.63) is 35.9 Å². The van der Waals surface area contributed by atoms with Crippen LogP contribution in [-0.2, 0) is 4.74 Å². The molecular weight excluding hydrogens is 188 g/mol. The summed E-state index contributed by atoms with van der Waals surface area (Å²) >= 11 is 0. The number of unbranched alkanes of at least 4 members (excludes halogenated alkanes) is 1. The fourth-order valence-corrected chi connectivity index (χ4v) is 1.50. The van der Waals surface area contributed by atoms with Crippen LogP contribution in [0.25, 0.3) is 0 Å². The number of hydrogen-bond donors (Lipinski definition) is 1. The second kappa shape index (κ2) is 7.43. The Morgan fingerprint density at radius 1 is 1.27 bits per heavy atom. The van der Waals surface area contributed by atoms with Gasteiger partial charge in [0, 0.05) is 19.6 Å². The highest BCUT2D eigenvalue weighted by Crippen LogP contribution is 2.20. The van der Waals surface area contributed by atoms with Crippen molar-refractivity contribution >= 4 is 0 Å². The fraction of sp³-hybridized carbons (Fsp3) is 0.538. The van der Waals surface area contributed by atoms with Crippen LogP contribution in [0.1, 0.15) is 37.9 Å². The van der Waals surface area contributed by atoms with Crippen molar-refractivity contribution in [2.75, 3.05) is 13.2 Å². The Bertz CT molecular complexity index is 246. The van der Waals surface area contributed by atoms with E-state index in [1.807, 2.05) is 30.3 Å². The van der Waals surface area contributed by atoms with Crippen molar-refractivity contribution in [2.45, 2.75) is 32.3 Å². The molecule has 1 aromatic carbocycles. The lowest BCUT2D eigenvalue weighted by atomic mass is 10.1. The molecule has 2 heteroatoms. The van der Waals surface area contributed by atoms with E-state index in [1.165, 1.54) is 0 Å². The van der Waals surface area contributed by atoms with Gasteiger partial charge in [-0.05, 0) is 12.0 Å². The van der Waals surface area contributed by atoms with Gasteiger partial charge in [0.2, 0.25) is 0 Å². The molecule has 0 saturated heterocycles.